The zero-order chi connectivity index (χ0) is 26.2. The summed E-state index contributed by atoms with van der Waals surface area (Å²) in [4.78, 5) is 40.4. The summed E-state index contributed by atoms with van der Waals surface area (Å²) in [6.07, 6.45) is 6.00. The van der Waals surface area contributed by atoms with Crippen molar-refractivity contribution in [2.24, 2.45) is 5.92 Å². The fourth-order valence-electron chi connectivity index (χ4n) is 4.91. The van der Waals surface area contributed by atoms with Crippen LogP contribution in [0.25, 0.3) is 11.3 Å². The Bertz CT molecular complexity index is 1340. The van der Waals surface area contributed by atoms with Crippen LogP contribution in [0.4, 0.5) is 4.39 Å². The van der Waals surface area contributed by atoms with Crippen LogP contribution in [0.1, 0.15) is 47.6 Å². The smallest absolute Gasteiger partial charge is 0.272 e. The van der Waals surface area contributed by atoms with Crippen molar-refractivity contribution in [3.63, 3.8) is 0 Å². The van der Waals surface area contributed by atoms with Gasteiger partial charge in [-0.3, -0.25) is 19.7 Å². The maximum atomic E-state index is 14.3. The predicted molar refractivity (Wildman–Crippen MR) is 133 cm³/mol. The molecule has 1 aliphatic carbocycles. The van der Waals surface area contributed by atoms with Gasteiger partial charge in [0.05, 0.1) is 30.4 Å². The lowest BCUT2D eigenvalue weighted by molar-refractivity contribution is -0.127. The highest BCUT2D eigenvalue weighted by Gasteiger charge is 2.54. The number of likely N-dealkylation sites (tertiary alicyclic amines) is 1. The van der Waals surface area contributed by atoms with Crippen molar-refractivity contribution in [2.45, 2.75) is 44.6 Å². The van der Waals surface area contributed by atoms with Gasteiger partial charge in [-0.05, 0) is 38.7 Å². The molecule has 0 bridgehead atoms. The first-order valence-corrected chi connectivity index (χ1v) is 12.5. The Hall–Kier alpha value is -3.60. The molecule has 12 heteroatoms. The van der Waals surface area contributed by atoms with E-state index in [1.54, 1.807) is 6.20 Å². The largest absolute Gasteiger partial charge is 0.481 e. The maximum absolute atomic E-state index is 14.3. The highest BCUT2D eigenvalue weighted by atomic mass is 35.5. The lowest BCUT2D eigenvalue weighted by atomic mass is 9.88. The molecule has 0 aromatic carbocycles. The average Bonchev–Trinajstić information content (AvgIpc) is 3.47. The van der Waals surface area contributed by atoms with E-state index in [1.807, 2.05) is 11.8 Å². The summed E-state index contributed by atoms with van der Waals surface area (Å²) < 4.78 is 19.4. The number of nitrogens with one attached hydrogen (secondary N) is 2. The summed E-state index contributed by atoms with van der Waals surface area (Å²) in [5.74, 6) is -0.723. The summed E-state index contributed by atoms with van der Waals surface area (Å²) >= 11 is 6.10. The molecular weight excluding hydrogens is 501 g/mol. The van der Waals surface area contributed by atoms with Gasteiger partial charge >= 0.3 is 0 Å². The summed E-state index contributed by atoms with van der Waals surface area (Å²) in [5, 5.41) is 10.2. The molecule has 0 radical (unpaired) electrons. The van der Waals surface area contributed by atoms with Crippen LogP contribution in [0.15, 0.2) is 24.5 Å². The van der Waals surface area contributed by atoms with E-state index in [0.29, 0.717) is 48.9 Å². The Morgan fingerprint density at radius 1 is 1.30 bits per heavy atom. The number of amides is 2. The number of rotatable bonds is 7. The van der Waals surface area contributed by atoms with Crippen molar-refractivity contribution in [1.29, 1.82) is 0 Å². The van der Waals surface area contributed by atoms with Gasteiger partial charge in [0, 0.05) is 48.8 Å². The van der Waals surface area contributed by atoms with Gasteiger partial charge in [0.1, 0.15) is 5.69 Å². The Balaban J connectivity index is 1.21. The third kappa shape index (κ3) is 5.13. The second-order valence-electron chi connectivity index (χ2n) is 9.53. The van der Waals surface area contributed by atoms with E-state index in [2.05, 4.69) is 30.5 Å². The van der Waals surface area contributed by atoms with Crippen molar-refractivity contribution in [3.8, 4) is 17.1 Å². The summed E-state index contributed by atoms with van der Waals surface area (Å²) in [7, 11) is 1.44. The Labute approximate surface area is 218 Å². The fourth-order valence-corrected chi connectivity index (χ4v) is 5.10. The number of carbonyl (C=O) groups is 2. The van der Waals surface area contributed by atoms with E-state index in [4.69, 9.17) is 16.3 Å². The van der Waals surface area contributed by atoms with Crippen molar-refractivity contribution in [3.05, 3.63) is 52.6 Å². The number of aromatic amines is 1. The minimum Gasteiger partial charge on any atom is -0.481 e. The number of H-pyrrole nitrogens is 1. The molecule has 1 unspecified atom stereocenters. The van der Waals surface area contributed by atoms with Crippen LogP contribution in [0.2, 0.25) is 5.15 Å². The highest BCUT2D eigenvalue weighted by Crippen LogP contribution is 2.50. The zero-order valence-corrected chi connectivity index (χ0v) is 21.3. The molecule has 1 aliphatic heterocycles. The SMILES string of the molecule is COc1cc(-c2cc(C(=O)N3CCC(C(=O)NCCc4nc(C)cnc4Cl)CC34CC4)[nH]n2)c(F)cn1. The maximum Gasteiger partial charge on any atom is 0.272 e. The first kappa shape index (κ1) is 25.1. The molecule has 1 saturated carbocycles. The number of carbonyl (C=O) groups excluding carboxylic acids is 2. The quantitative estimate of drug-likeness (QED) is 0.483. The van der Waals surface area contributed by atoms with Crippen LogP contribution >= 0.6 is 11.6 Å². The molecule has 1 atom stereocenters. The second-order valence-corrected chi connectivity index (χ2v) is 9.89. The van der Waals surface area contributed by atoms with E-state index in [9.17, 15) is 14.0 Å². The van der Waals surface area contributed by atoms with Crippen LogP contribution in [0, 0.1) is 18.7 Å². The molecule has 37 heavy (non-hydrogen) atoms. The number of hydrogen-bond donors (Lipinski definition) is 2. The number of hydrogen-bond acceptors (Lipinski definition) is 7. The molecule has 2 aliphatic rings. The molecule has 2 amide bonds. The second kappa shape index (κ2) is 10.0. The average molecular weight is 528 g/mol. The topological polar surface area (TPSA) is 126 Å². The molecule has 194 valence electrons. The molecule has 1 saturated heterocycles. The third-order valence-corrected chi connectivity index (χ3v) is 7.36. The standard InChI is InChI=1S/C25H27ClFN7O3/c1-14-12-30-22(26)18(31-14)3-7-28-23(35)15-4-8-34(25(11-15)5-6-25)24(36)20-10-19(32-33-20)16-9-21(37-2)29-13-17(16)27/h9-10,12-13,15H,3-8,11H2,1-2H3,(H,28,35)(H,32,33). The van der Waals surface area contributed by atoms with Gasteiger partial charge in [-0.15, -0.1) is 0 Å². The van der Waals surface area contributed by atoms with Crippen molar-refractivity contribution < 1.29 is 18.7 Å². The van der Waals surface area contributed by atoms with Gasteiger partial charge in [0.2, 0.25) is 11.8 Å². The first-order chi connectivity index (χ1) is 17.8. The Morgan fingerprint density at radius 3 is 2.86 bits per heavy atom. The van der Waals surface area contributed by atoms with Gasteiger partial charge in [0.15, 0.2) is 11.0 Å². The van der Waals surface area contributed by atoms with Crippen LogP contribution in [-0.2, 0) is 11.2 Å². The zero-order valence-electron chi connectivity index (χ0n) is 20.6. The molecule has 5 rings (SSSR count). The third-order valence-electron chi connectivity index (χ3n) is 7.04. The van der Waals surface area contributed by atoms with Crippen LogP contribution in [0.5, 0.6) is 5.88 Å². The fraction of sp³-hybridized carbons (Fsp3) is 0.440. The van der Waals surface area contributed by atoms with Crippen LogP contribution in [-0.4, -0.2) is 67.6 Å². The van der Waals surface area contributed by atoms with E-state index < -0.39 is 5.82 Å². The lowest BCUT2D eigenvalue weighted by Crippen LogP contribution is -2.51. The van der Waals surface area contributed by atoms with Crippen molar-refractivity contribution in [1.82, 2.24) is 35.4 Å². The summed E-state index contributed by atoms with van der Waals surface area (Å²) in [6.45, 7) is 2.71. The Kier molecular flexibility index (Phi) is 6.80. The van der Waals surface area contributed by atoms with E-state index >= 15 is 0 Å². The molecule has 2 N–H and O–H groups in total. The first-order valence-electron chi connectivity index (χ1n) is 12.1. The van der Waals surface area contributed by atoms with E-state index in [0.717, 1.165) is 24.7 Å². The number of ether oxygens (including phenoxy) is 1. The molecule has 3 aromatic rings. The van der Waals surface area contributed by atoms with Crippen LogP contribution < -0.4 is 10.1 Å². The number of halogens is 2. The minimum absolute atomic E-state index is 0.0268. The van der Waals surface area contributed by atoms with Crippen LogP contribution in [0.3, 0.4) is 0 Å². The van der Waals surface area contributed by atoms with Crippen molar-refractivity contribution >= 4 is 23.4 Å². The molecule has 10 nitrogen and oxygen atoms in total. The lowest BCUT2D eigenvalue weighted by Gasteiger charge is -2.39. The number of piperidine rings is 1. The van der Waals surface area contributed by atoms with E-state index in [1.165, 1.54) is 19.2 Å². The minimum atomic E-state index is -0.562. The normalized spacial score (nSPS) is 18.1. The van der Waals surface area contributed by atoms with Crippen molar-refractivity contribution in [2.75, 3.05) is 20.2 Å². The Morgan fingerprint density at radius 2 is 2.11 bits per heavy atom. The molecule has 3 aromatic heterocycles. The van der Waals surface area contributed by atoms with Gasteiger partial charge in [-0.25, -0.2) is 14.4 Å². The number of aryl methyl sites for hydroxylation is 1. The molecule has 2 fully saturated rings. The number of pyridine rings is 1. The van der Waals surface area contributed by atoms with Gasteiger partial charge < -0.3 is 15.0 Å². The number of nitrogens with zero attached hydrogens (tertiary/aromatic N) is 5. The number of methoxy groups -OCH3 is 1. The van der Waals surface area contributed by atoms with E-state index in [-0.39, 0.29) is 40.4 Å². The van der Waals surface area contributed by atoms with Gasteiger partial charge in [-0.1, -0.05) is 11.6 Å². The molecule has 1 spiro atoms. The summed E-state index contributed by atoms with van der Waals surface area (Å²) in [5.41, 5.74) is 1.85. The monoisotopic (exact) mass is 527 g/mol. The highest BCUT2D eigenvalue weighted by molar-refractivity contribution is 6.30. The number of aromatic nitrogens is 5. The molecular formula is C25H27ClFN7O3. The van der Waals surface area contributed by atoms with Gasteiger partial charge in [0.25, 0.3) is 5.91 Å². The predicted octanol–water partition coefficient (Wildman–Crippen LogP) is 3.11. The summed E-state index contributed by atoms with van der Waals surface area (Å²) in [6, 6.07) is 2.97. The van der Waals surface area contributed by atoms with Gasteiger partial charge in [-0.2, -0.15) is 5.10 Å². The molecule has 4 heterocycles.